The Morgan fingerprint density at radius 2 is 1.85 bits per heavy atom. The number of hydrogen-bond acceptors (Lipinski definition) is 5. The number of aryl methyl sites for hydroxylation is 1. The first-order chi connectivity index (χ1) is 16.2. The molecule has 1 heterocycles. The maximum atomic E-state index is 12.6. The summed E-state index contributed by atoms with van der Waals surface area (Å²) < 4.78 is 42.2. The average molecular weight is 480 g/mol. The van der Waals surface area contributed by atoms with E-state index in [0.717, 1.165) is 44.2 Å². The molecule has 0 radical (unpaired) electrons. The number of halogens is 3. The maximum Gasteiger partial charge on any atom is 0.573 e. The molecule has 2 rings (SSSR count). The third-order valence-electron chi connectivity index (χ3n) is 4.57. The van der Waals surface area contributed by atoms with Crippen LogP contribution in [-0.2, 0) is 6.54 Å². The summed E-state index contributed by atoms with van der Waals surface area (Å²) in [7, 11) is 0. The molecular weight excluding hydrogens is 453 g/mol. The molecule has 3 N–H and O–H groups in total. The van der Waals surface area contributed by atoms with Gasteiger partial charge in [-0.1, -0.05) is 19.8 Å². The number of carbonyl (C=O) groups is 2. The highest BCUT2D eigenvalue weighted by Gasteiger charge is 2.31. The van der Waals surface area contributed by atoms with Crippen molar-refractivity contribution in [3.8, 4) is 11.8 Å². The van der Waals surface area contributed by atoms with E-state index in [9.17, 15) is 22.8 Å². The fourth-order valence-corrected chi connectivity index (χ4v) is 2.96. The molecule has 1 aromatic heterocycles. The number of amides is 3. The van der Waals surface area contributed by atoms with Crippen LogP contribution in [0.5, 0.6) is 5.75 Å². The number of alkyl halides is 3. The number of urea groups is 1. The number of benzene rings is 1. The summed E-state index contributed by atoms with van der Waals surface area (Å²) in [5.41, 5.74) is 0.242. The molecule has 0 saturated carbocycles. The first-order valence-corrected chi connectivity index (χ1v) is 10.9. The van der Waals surface area contributed by atoms with Crippen molar-refractivity contribution in [3.63, 3.8) is 0 Å². The highest BCUT2D eigenvalue weighted by Crippen LogP contribution is 2.24. The second-order valence-corrected chi connectivity index (χ2v) is 7.37. The van der Waals surface area contributed by atoms with Crippen LogP contribution >= 0.6 is 0 Å². The number of carbonyl (C=O) groups excluding carboxylic acids is 2. The lowest BCUT2D eigenvalue weighted by atomic mass is 10.2. The Labute approximate surface area is 195 Å². The van der Waals surface area contributed by atoms with Crippen LogP contribution in [0.25, 0.3) is 0 Å². The molecule has 0 aliphatic rings. The molecule has 0 aliphatic heterocycles. The van der Waals surface area contributed by atoms with E-state index in [1.165, 1.54) is 12.1 Å². The fourth-order valence-electron chi connectivity index (χ4n) is 2.96. The van der Waals surface area contributed by atoms with Crippen molar-refractivity contribution in [2.75, 3.05) is 17.2 Å². The number of hydrogen-bond donors (Lipinski definition) is 3. The molecule has 12 heteroatoms. The van der Waals surface area contributed by atoms with Gasteiger partial charge in [0.2, 0.25) is 5.82 Å². The van der Waals surface area contributed by atoms with E-state index in [2.05, 4.69) is 31.7 Å². The molecule has 34 heavy (non-hydrogen) atoms. The predicted octanol–water partition coefficient (Wildman–Crippen LogP) is 5.04. The molecule has 3 amide bonds. The van der Waals surface area contributed by atoms with Gasteiger partial charge in [0.05, 0.1) is 6.07 Å². The Morgan fingerprint density at radius 1 is 1.12 bits per heavy atom. The average Bonchev–Trinajstić information content (AvgIpc) is 3.17. The number of rotatable bonds is 12. The van der Waals surface area contributed by atoms with Crippen molar-refractivity contribution in [2.24, 2.45) is 0 Å². The van der Waals surface area contributed by atoms with E-state index in [-0.39, 0.29) is 23.2 Å². The van der Waals surface area contributed by atoms with Gasteiger partial charge >= 0.3 is 12.4 Å². The predicted molar refractivity (Wildman–Crippen MR) is 119 cm³/mol. The Balaban J connectivity index is 1.96. The molecule has 0 unspecified atom stereocenters. The molecule has 0 fully saturated rings. The van der Waals surface area contributed by atoms with Crippen LogP contribution in [0.3, 0.4) is 0 Å². The Bertz CT molecular complexity index is 983. The summed E-state index contributed by atoms with van der Waals surface area (Å²) in [5.74, 6) is -0.460. The first kappa shape index (κ1) is 26.5. The standard InChI is InChI=1S/C22H27F3N6O3/c1-2-3-14-31-15-18(29-19(31)20(32)27-13-7-5-4-6-12-26)30-21(33)28-16-8-10-17(11-9-16)34-22(23,24)25/h8-11,15H,2-7,13-14H2,1H3,(H,27,32)(H2,28,30,33). The molecule has 0 saturated heterocycles. The second kappa shape index (κ2) is 13.1. The van der Waals surface area contributed by atoms with Gasteiger partial charge in [-0.3, -0.25) is 10.1 Å². The first-order valence-electron chi connectivity index (χ1n) is 10.9. The number of nitrogens with one attached hydrogen (secondary N) is 3. The lowest BCUT2D eigenvalue weighted by Gasteiger charge is -2.10. The van der Waals surface area contributed by atoms with Gasteiger partial charge in [-0.05, 0) is 43.5 Å². The lowest BCUT2D eigenvalue weighted by molar-refractivity contribution is -0.274. The van der Waals surface area contributed by atoms with Crippen LogP contribution in [0.2, 0.25) is 0 Å². The minimum Gasteiger partial charge on any atom is -0.406 e. The summed E-state index contributed by atoms with van der Waals surface area (Å²) in [5, 5.41) is 16.3. The Hall–Kier alpha value is -3.75. The molecule has 0 atom stereocenters. The van der Waals surface area contributed by atoms with E-state index in [1.807, 2.05) is 6.92 Å². The molecule has 9 nitrogen and oxygen atoms in total. The van der Waals surface area contributed by atoms with Crippen LogP contribution < -0.4 is 20.7 Å². The summed E-state index contributed by atoms with van der Waals surface area (Å²) in [6.45, 7) is 3.00. The van der Waals surface area contributed by atoms with Crippen molar-refractivity contribution in [1.82, 2.24) is 14.9 Å². The Kier molecular flexibility index (Phi) is 10.2. The summed E-state index contributed by atoms with van der Waals surface area (Å²) in [6, 6.07) is 6.07. The van der Waals surface area contributed by atoms with Crippen LogP contribution in [-0.4, -0.2) is 34.4 Å². The van der Waals surface area contributed by atoms with E-state index in [0.29, 0.717) is 19.5 Å². The van der Waals surface area contributed by atoms with Gasteiger partial charge in [-0.15, -0.1) is 13.2 Å². The highest BCUT2D eigenvalue weighted by atomic mass is 19.4. The van der Waals surface area contributed by atoms with Crippen LogP contribution in [0.1, 0.15) is 56.1 Å². The largest absolute Gasteiger partial charge is 0.573 e. The molecule has 0 aliphatic carbocycles. The summed E-state index contributed by atoms with van der Waals surface area (Å²) in [6.07, 6.45) is 1.29. The number of anilines is 2. The van der Waals surface area contributed by atoms with E-state index in [4.69, 9.17) is 5.26 Å². The number of aromatic nitrogens is 2. The summed E-state index contributed by atoms with van der Waals surface area (Å²) in [4.78, 5) is 29.1. The second-order valence-electron chi connectivity index (χ2n) is 7.37. The van der Waals surface area contributed by atoms with Gasteiger partial charge in [-0.25, -0.2) is 9.78 Å². The number of ether oxygens (including phenoxy) is 1. The van der Waals surface area contributed by atoms with Crippen LogP contribution in [0.4, 0.5) is 29.5 Å². The van der Waals surface area contributed by atoms with Crippen molar-refractivity contribution in [2.45, 2.75) is 58.4 Å². The van der Waals surface area contributed by atoms with Gasteiger partial charge in [0.25, 0.3) is 5.91 Å². The van der Waals surface area contributed by atoms with Crippen LogP contribution in [0, 0.1) is 11.3 Å². The fraction of sp³-hybridized carbons (Fsp3) is 0.455. The van der Waals surface area contributed by atoms with Gasteiger partial charge in [0.1, 0.15) is 5.75 Å². The number of unbranched alkanes of at least 4 members (excludes halogenated alkanes) is 4. The number of nitriles is 1. The minimum atomic E-state index is -4.80. The molecule has 1 aromatic carbocycles. The lowest BCUT2D eigenvalue weighted by Crippen LogP contribution is -2.27. The minimum absolute atomic E-state index is 0.157. The third kappa shape index (κ3) is 9.40. The normalized spacial score (nSPS) is 10.9. The monoisotopic (exact) mass is 480 g/mol. The number of imidazole rings is 1. The molecule has 184 valence electrons. The molecule has 2 aromatic rings. The van der Waals surface area contributed by atoms with E-state index >= 15 is 0 Å². The van der Waals surface area contributed by atoms with Crippen molar-refractivity contribution in [1.29, 1.82) is 5.26 Å². The number of nitrogens with zero attached hydrogens (tertiary/aromatic N) is 3. The smallest absolute Gasteiger partial charge is 0.406 e. The molecular formula is C22H27F3N6O3. The summed E-state index contributed by atoms with van der Waals surface area (Å²) >= 11 is 0. The van der Waals surface area contributed by atoms with E-state index in [1.54, 1.807) is 10.8 Å². The zero-order chi connectivity index (χ0) is 25.0. The third-order valence-corrected chi connectivity index (χ3v) is 4.57. The van der Waals surface area contributed by atoms with Crippen molar-refractivity contribution >= 4 is 23.4 Å². The Morgan fingerprint density at radius 3 is 2.50 bits per heavy atom. The van der Waals surface area contributed by atoms with Gasteiger partial charge < -0.3 is 19.9 Å². The zero-order valence-electron chi connectivity index (χ0n) is 18.7. The molecule has 0 spiro atoms. The van der Waals surface area contributed by atoms with E-state index < -0.39 is 18.1 Å². The quantitative estimate of drug-likeness (QED) is 0.368. The van der Waals surface area contributed by atoms with Gasteiger partial charge in [-0.2, -0.15) is 5.26 Å². The highest BCUT2D eigenvalue weighted by molar-refractivity contribution is 5.99. The topological polar surface area (TPSA) is 121 Å². The van der Waals surface area contributed by atoms with Gasteiger partial charge in [0.15, 0.2) is 5.82 Å². The maximum absolute atomic E-state index is 12.6. The van der Waals surface area contributed by atoms with Gasteiger partial charge in [0, 0.05) is 31.4 Å². The van der Waals surface area contributed by atoms with Crippen LogP contribution in [0.15, 0.2) is 30.5 Å². The van der Waals surface area contributed by atoms with Crippen molar-refractivity contribution < 1.29 is 27.5 Å². The molecule has 0 bridgehead atoms. The zero-order valence-corrected chi connectivity index (χ0v) is 18.7. The SMILES string of the molecule is CCCCn1cc(NC(=O)Nc2ccc(OC(F)(F)F)cc2)nc1C(=O)NCCCCCC#N. The van der Waals surface area contributed by atoms with Crippen molar-refractivity contribution in [3.05, 3.63) is 36.3 Å².